The quantitative estimate of drug-likeness (QED) is 0.124. The van der Waals surface area contributed by atoms with Crippen LogP contribution in [0.2, 0.25) is 0 Å². The number of hydrogen-bond donors (Lipinski definition) is 1. The summed E-state index contributed by atoms with van der Waals surface area (Å²) in [6.07, 6.45) is 3.59. The number of allylic oxidation sites excluding steroid dienone is 1. The van der Waals surface area contributed by atoms with Crippen molar-refractivity contribution < 1.29 is 28.5 Å². The number of hydrogen-bond acceptors (Lipinski definition) is 8. The van der Waals surface area contributed by atoms with Crippen LogP contribution < -0.4 is 29.4 Å². The molecule has 1 heterocycles. The van der Waals surface area contributed by atoms with Crippen LogP contribution in [0.3, 0.4) is 0 Å². The molecule has 3 aromatic carbocycles. The van der Waals surface area contributed by atoms with E-state index >= 15 is 0 Å². The van der Waals surface area contributed by atoms with Crippen LogP contribution in [0, 0.1) is 11.3 Å². The molecule has 8 heteroatoms. The lowest BCUT2D eigenvalue weighted by molar-refractivity contribution is 0.0734. The molecule has 0 aliphatic carbocycles. The van der Waals surface area contributed by atoms with Gasteiger partial charge in [-0.3, -0.25) is 0 Å². The zero-order valence-electron chi connectivity index (χ0n) is 22.6. The fourth-order valence-electron chi connectivity index (χ4n) is 4.27. The molecule has 8 nitrogen and oxygen atoms in total. The van der Waals surface area contributed by atoms with E-state index in [4.69, 9.17) is 29.4 Å². The van der Waals surface area contributed by atoms with Crippen molar-refractivity contribution in [1.29, 1.82) is 5.26 Å². The van der Waals surface area contributed by atoms with Crippen molar-refractivity contribution in [3.8, 4) is 34.8 Å². The molecular weight excluding hydrogens is 508 g/mol. The number of unbranched alkanes of at least 4 members (excludes halogenated alkanes) is 1. The summed E-state index contributed by atoms with van der Waals surface area (Å²) in [5.41, 5.74) is 8.32. The predicted octanol–water partition coefficient (Wildman–Crippen LogP) is 6.27. The van der Waals surface area contributed by atoms with E-state index in [9.17, 15) is 10.1 Å². The summed E-state index contributed by atoms with van der Waals surface area (Å²) < 4.78 is 28.6. The van der Waals surface area contributed by atoms with Gasteiger partial charge in [-0.05, 0) is 61.4 Å². The average molecular weight is 541 g/mol. The topological polar surface area (TPSA) is 113 Å². The first-order chi connectivity index (χ1) is 19.5. The fraction of sp³-hybridized carbons (Fsp3) is 0.250. The van der Waals surface area contributed by atoms with Gasteiger partial charge in [-0.25, -0.2) is 4.79 Å². The first-order valence-corrected chi connectivity index (χ1v) is 13.2. The van der Waals surface area contributed by atoms with Crippen molar-refractivity contribution in [2.45, 2.75) is 32.6 Å². The number of rotatable bonds is 12. The fourth-order valence-corrected chi connectivity index (χ4v) is 4.27. The number of nitriles is 1. The van der Waals surface area contributed by atoms with E-state index in [1.807, 2.05) is 25.1 Å². The van der Waals surface area contributed by atoms with E-state index in [1.54, 1.807) is 48.5 Å². The van der Waals surface area contributed by atoms with Gasteiger partial charge >= 0.3 is 5.97 Å². The number of nitrogens with zero attached hydrogens (tertiary/aromatic N) is 1. The average Bonchev–Trinajstić information content (AvgIpc) is 2.96. The van der Waals surface area contributed by atoms with Crippen LogP contribution in [0.5, 0.6) is 28.7 Å². The first kappa shape index (κ1) is 28.1. The van der Waals surface area contributed by atoms with E-state index in [-0.39, 0.29) is 17.2 Å². The van der Waals surface area contributed by atoms with Gasteiger partial charge in [0.25, 0.3) is 0 Å². The summed E-state index contributed by atoms with van der Waals surface area (Å²) in [5.74, 6) is 1.46. The number of esters is 1. The maximum atomic E-state index is 12.8. The van der Waals surface area contributed by atoms with E-state index in [0.29, 0.717) is 53.9 Å². The minimum absolute atomic E-state index is 0.0141. The zero-order valence-corrected chi connectivity index (χ0v) is 22.6. The minimum Gasteiger partial charge on any atom is -0.490 e. The van der Waals surface area contributed by atoms with Crippen LogP contribution >= 0.6 is 0 Å². The Morgan fingerprint density at radius 1 is 1.02 bits per heavy atom. The zero-order chi connectivity index (χ0) is 28.5. The molecule has 2 N–H and O–H groups in total. The Labute approximate surface area is 234 Å². The van der Waals surface area contributed by atoms with E-state index in [0.717, 1.165) is 18.4 Å². The van der Waals surface area contributed by atoms with Gasteiger partial charge in [0, 0.05) is 11.6 Å². The summed E-state index contributed by atoms with van der Waals surface area (Å²) in [5, 5.41) is 9.95. The molecule has 0 radical (unpaired) electrons. The monoisotopic (exact) mass is 540 g/mol. The first-order valence-electron chi connectivity index (χ1n) is 13.2. The Kier molecular flexibility index (Phi) is 9.31. The molecule has 0 amide bonds. The molecule has 0 saturated heterocycles. The minimum atomic E-state index is -0.538. The molecule has 40 heavy (non-hydrogen) atoms. The molecule has 0 spiro atoms. The van der Waals surface area contributed by atoms with Crippen molar-refractivity contribution in [2.75, 3.05) is 19.8 Å². The molecule has 206 valence electrons. The molecule has 3 aromatic rings. The number of ether oxygens (including phenoxy) is 5. The van der Waals surface area contributed by atoms with Crippen LogP contribution in [0.1, 0.15) is 54.1 Å². The molecule has 1 aliphatic rings. The largest absolute Gasteiger partial charge is 0.490 e. The van der Waals surface area contributed by atoms with Gasteiger partial charge < -0.3 is 29.4 Å². The molecule has 0 aromatic heterocycles. The number of nitrogens with two attached hydrogens (primary N) is 1. The third kappa shape index (κ3) is 6.38. The molecule has 0 fully saturated rings. The van der Waals surface area contributed by atoms with Crippen molar-refractivity contribution in [2.24, 2.45) is 5.73 Å². The van der Waals surface area contributed by atoms with E-state index in [1.165, 1.54) is 0 Å². The summed E-state index contributed by atoms with van der Waals surface area (Å²) in [6.45, 7) is 9.03. The van der Waals surface area contributed by atoms with Gasteiger partial charge in [0.05, 0.1) is 24.7 Å². The van der Waals surface area contributed by atoms with Gasteiger partial charge in [-0.2, -0.15) is 5.26 Å². The Morgan fingerprint density at radius 3 is 2.50 bits per heavy atom. The Balaban J connectivity index is 1.61. The molecule has 0 saturated carbocycles. The summed E-state index contributed by atoms with van der Waals surface area (Å²) >= 11 is 0. The highest BCUT2D eigenvalue weighted by atomic mass is 16.5. The number of carbonyl (C=O) groups is 1. The normalized spacial score (nSPS) is 13.9. The number of benzene rings is 3. The Morgan fingerprint density at radius 2 is 1.80 bits per heavy atom. The summed E-state index contributed by atoms with van der Waals surface area (Å²) in [6, 6.07) is 19.4. The van der Waals surface area contributed by atoms with Gasteiger partial charge in [-0.1, -0.05) is 38.1 Å². The van der Waals surface area contributed by atoms with Crippen molar-refractivity contribution in [3.63, 3.8) is 0 Å². The summed E-state index contributed by atoms with van der Waals surface area (Å²) in [4.78, 5) is 12.8. The van der Waals surface area contributed by atoms with Gasteiger partial charge in [0.15, 0.2) is 11.5 Å². The smallest absolute Gasteiger partial charge is 0.343 e. The highest BCUT2D eigenvalue weighted by Gasteiger charge is 2.32. The van der Waals surface area contributed by atoms with Crippen LogP contribution in [-0.4, -0.2) is 25.8 Å². The standard InChI is InChI=1S/C32H32N2O6/c1-4-7-17-38-27-15-10-22(18-29(27)36-6-3)30-25-14-13-24(19-28(25)40-31(34)26(30)20-33)39-32(35)21-8-11-23(12-9-21)37-16-5-2/h5,8-15,18-19,30H,2,4,6-7,16-17,34H2,1,3H3. The maximum Gasteiger partial charge on any atom is 0.343 e. The van der Waals surface area contributed by atoms with Crippen molar-refractivity contribution in [3.05, 3.63) is 101 Å². The molecular formula is C32H32N2O6. The van der Waals surface area contributed by atoms with Crippen LogP contribution in [0.4, 0.5) is 0 Å². The molecule has 1 unspecified atom stereocenters. The lowest BCUT2D eigenvalue weighted by atomic mass is 9.83. The van der Waals surface area contributed by atoms with Crippen LogP contribution in [0.25, 0.3) is 0 Å². The SMILES string of the molecule is C=CCOc1ccc(C(=O)Oc2ccc3c(c2)OC(N)=C(C#N)C3c2ccc(OCCCC)c(OCC)c2)cc1. The second-order valence-corrected chi connectivity index (χ2v) is 8.98. The molecule has 1 aliphatic heterocycles. The maximum absolute atomic E-state index is 12.8. The third-order valence-electron chi connectivity index (χ3n) is 6.22. The second kappa shape index (κ2) is 13.3. The lowest BCUT2D eigenvalue weighted by Gasteiger charge is -2.27. The van der Waals surface area contributed by atoms with Crippen molar-refractivity contribution >= 4 is 5.97 Å². The van der Waals surface area contributed by atoms with E-state index in [2.05, 4.69) is 19.6 Å². The highest BCUT2D eigenvalue weighted by Crippen LogP contribution is 2.45. The van der Waals surface area contributed by atoms with Gasteiger partial charge in [0.2, 0.25) is 5.88 Å². The van der Waals surface area contributed by atoms with Crippen molar-refractivity contribution in [1.82, 2.24) is 0 Å². The Bertz CT molecular complexity index is 1440. The van der Waals surface area contributed by atoms with Crippen LogP contribution in [0.15, 0.2) is 84.8 Å². The van der Waals surface area contributed by atoms with Gasteiger partial charge in [-0.15, -0.1) is 0 Å². The summed E-state index contributed by atoms with van der Waals surface area (Å²) in [7, 11) is 0. The number of carbonyl (C=O) groups excluding carboxylic acids is 1. The Hall–Kier alpha value is -4.90. The lowest BCUT2D eigenvalue weighted by Crippen LogP contribution is -2.21. The molecule has 4 rings (SSSR count). The highest BCUT2D eigenvalue weighted by molar-refractivity contribution is 5.91. The van der Waals surface area contributed by atoms with E-state index < -0.39 is 11.9 Å². The van der Waals surface area contributed by atoms with Crippen LogP contribution in [-0.2, 0) is 0 Å². The second-order valence-electron chi connectivity index (χ2n) is 8.98. The third-order valence-corrected chi connectivity index (χ3v) is 6.22. The predicted molar refractivity (Wildman–Crippen MR) is 151 cm³/mol. The molecule has 0 bridgehead atoms. The van der Waals surface area contributed by atoms with Gasteiger partial charge in [0.1, 0.15) is 35.5 Å². The number of fused-ring (bicyclic) bond motifs is 1. The molecule has 1 atom stereocenters.